The van der Waals surface area contributed by atoms with Gasteiger partial charge in [0.15, 0.2) is 11.4 Å². The van der Waals surface area contributed by atoms with E-state index in [1.165, 1.54) is 16.8 Å². The van der Waals surface area contributed by atoms with Gasteiger partial charge in [-0.15, -0.1) is 0 Å². The quantitative estimate of drug-likeness (QED) is 0.843. The summed E-state index contributed by atoms with van der Waals surface area (Å²) in [6.07, 6.45) is 1.62. The van der Waals surface area contributed by atoms with E-state index in [4.69, 9.17) is 4.74 Å². The van der Waals surface area contributed by atoms with E-state index in [1.54, 1.807) is 18.3 Å². The molecule has 7 heteroatoms. The van der Waals surface area contributed by atoms with E-state index >= 15 is 0 Å². The molecule has 1 N–H and O–H groups in total. The van der Waals surface area contributed by atoms with Crippen molar-refractivity contribution in [1.29, 1.82) is 0 Å². The van der Waals surface area contributed by atoms with Crippen LogP contribution in [0.15, 0.2) is 30.5 Å². The Morgan fingerprint density at radius 3 is 2.65 bits per heavy atom. The Kier molecular flexibility index (Phi) is 5.70. The molecular formula is C16H21FN4O2. The second kappa shape index (κ2) is 7.73. The van der Waals surface area contributed by atoms with Gasteiger partial charge in [0.05, 0.1) is 18.5 Å². The Morgan fingerprint density at radius 2 is 2.04 bits per heavy atom. The monoisotopic (exact) mass is 320 g/mol. The molecule has 0 aliphatic heterocycles. The molecule has 124 valence electrons. The lowest BCUT2D eigenvalue weighted by Gasteiger charge is -2.10. The summed E-state index contributed by atoms with van der Waals surface area (Å²) in [6.45, 7) is 3.51. The van der Waals surface area contributed by atoms with E-state index in [0.29, 0.717) is 24.6 Å². The average Bonchev–Trinajstić information content (AvgIpc) is 2.92. The van der Waals surface area contributed by atoms with E-state index in [9.17, 15) is 9.18 Å². The lowest BCUT2D eigenvalue weighted by molar-refractivity contribution is 0.0942. The van der Waals surface area contributed by atoms with Gasteiger partial charge in [-0.05, 0) is 45.3 Å². The van der Waals surface area contributed by atoms with Gasteiger partial charge >= 0.3 is 0 Å². The lowest BCUT2D eigenvalue weighted by atomic mass is 10.3. The van der Waals surface area contributed by atoms with Crippen LogP contribution in [0.2, 0.25) is 0 Å². The maximum absolute atomic E-state index is 13.0. The molecule has 0 aliphatic rings. The second-order valence-electron chi connectivity index (χ2n) is 5.26. The number of halogens is 1. The average molecular weight is 320 g/mol. The fraction of sp³-hybridized carbons (Fsp3) is 0.375. The number of ether oxygens (including phenoxy) is 1. The molecule has 1 aromatic heterocycles. The van der Waals surface area contributed by atoms with E-state index in [1.807, 2.05) is 25.9 Å². The van der Waals surface area contributed by atoms with Crippen LogP contribution in [0.3, 0.4) is 0 Å². The number of likely N-dealkylation sites (N-methyl/N-ethyl adjacent to an activating group) is 1. The number of hydrogen-bond donors (Lipinski definition) is 1. The summed E-state index contributed by atoms with van der Waals surface area (Å²) in [5.74, 6) is -0.220. The standard InChI is InChI=1S/C16H21FN4O2/c1-4-23-14-11-21(13-7-5-12(17)6-8-13)19-15(14)16(22)18-9-10-20(2)3/h5-8,11H,4,9-10H2,1-3H3,(H,18,22). The third-order valence-electron chi connectivity index (χ3n) is 3.13. The van der Waals surface area contributed by atoms with Gasteiger partial charge < -0.3 is 15.0 Å². The Labute approximate surface area is 134 Å². The molecule has 23 heavy (non-hydrogen) atoms. The fourth-order valence-corrected chi connectivity index (χ4v) is 1.98. The van der Waals surface area contributed by atoms with E-state index in [2.05, 4.69) is 10.4 Å². The number of amides is 1. The van der Waals surface area contributed by atoms with Crippen molar-refractivity contribution < 1.29 is 13.9 Å². The Hall–Kier alpha value is -2.41. The molecule has 0 bridgehead atoms. The van der Waals surface area contributed by atoms with Gasteiger partial charge in [0.25, 0.3) is 5.91 Å². The molecule has 0 aliphatic carbocycles. The number of carbonyl (C=O) groups excluding carboxylic acids is 1. The molecule has 2 rings (SSSR count). The van der Waals surface area contributed by atoms with Crippen molar-refractivity contribution in [1.82, 2.24) is 20.0 Å². The van der Waals surface area contributed by atoms with E-state index in [0.717, 1.165) is 6.54 Å². The number of nitrogens with one attached hydrogen (secondary N) is 1. The van der Waals surface area contributed by atoms with Crippen LogP contribution in [0.25, 0.3) is 5.69 Å². The number of nitrogens with zero attached hydrogens (tertiary/aromatic N) is 3. The minimum absolute atomic E-state index is 0.218. The highest BCUT2D eigenvalue weighted by Gasteiger charge is 2.18. The first-order chi connectivity index (χ1) is 11.0. The molecular weight excluding hydrogens is 299 g/mol. The predicted molar refractivity (Wildman–Crippen MR) is 85.6 cm³/mol. The second-order valence-corrected chi connectivity index (χ2v) is 5.26. The SMILES string of the molecule is CCOc1cn(-c2ccc(F)cc2)nc1C(=O)NCCN(C)C. The van der Waals surface area contributed by atoms with Crippen molar-refractivity contribution in [3.05, 3.63) is 42.0 Å². The van der Waals surface area contributed by atoms with Crippen molar-refractivity contribution in [2.24, 2.45) is 0 Å². The van der Waals surface area contributed by atoms with Gasteiger partial charge in [-0.2, -0.15) is 5.10 Å². The molecule has 6 nitrogen and oxygen atoms in total. The van der Waals surface area contributed by atoms with Gasteiger partial charge in [-0.1, -0.05) is 0 Å². The summed E-state index contributed by atoms with van der Waals surface area (Å²) < 4.78 is 20.0. The molecule has 0 spiro atoms. The first kappa shape index (κ1) is 17.0. The molecule has 1 heterocycles. The van der Waals surface area contributed by atoms with Crippen LogP contribution < -0.4 is 10.1 Å². The molecule has 0 atom stereocenters. The van der Waals surface area contributed by atoms with Crippen molar-refractivity contribution in [3.63, 3.8) is 0 Å². The van der Waals surface area contributed by atoms with Crippen LogP contribution in [0.1, 0.15) is 17.4 Å². The minimum atomic E-state index is -0.326. The molecule has 0 saturated heterocycles. The number of aromatic nitrogens is 2. The van der Waals surface area contributed by atoms with Crippen molar-refractivity contribution in [2.75, 3.05) is 33.8 Å². The smallest absolute Gasteiger partial charge is 0.275 e. The van der Waals surface area contributed by atoms with Crippen LogP contribution in [0.5, 0.6) is 5.75 Å². The van der Waals surface area contributed by atoms with Gasteiger partial charge in [0.1, 0.15) is 5.82 Å². The fourth-order valence-electron chi connectivity index (χ4n) is 1.98. The normalized spacial score (nSPS) is 10.8. The van der Waals surface area contributed by atoms with E-state index in [-0.39, 0.29) is 17.4 Å². The van der Waals surface area contributed by atoms with Gasteiger partial charge in [-0.3, -0.25) is 4.79 Å². The zero-order valence-electron chi connectivity index (χ0n) is 13.5. The third-order valence-corrected chi connectivity index (χ3v) is 3.13. The molecule has 0 unspecified atom stereocenters. The molecule has 0 saturated carbocycles. The van der Waals surface area contributed by atoms with Crippen molar-refractivity contribution >= 4 is 5.91 Å². The number of rotatable bonds is 7. The summed E-state index contributed by atoms with van der Waals surface area (Å²) in [7, 11) is 3.86. The summed E-state index contributed by atoms with van der Waals surface area (Å²) in [5, 5.41) is 7.08. The predicted octanol–water partition coefficient (Wildman–Crippen LogP) is 1.70. The molecule has 2 aromatic rings. The van der Waals surface area contributed by atoms with Gasteiger partial charge in [0.2, 0.25) is 0 Å². The van der Waals surface area contributed by atoms with Crippen LogP contribution in [0, 0.1) is 5.82 Å². The summed E-state index contributed by atoms with van der Waals surface area (Å²) in [4.78, 5) is 14.2. The van der Waals surface area contributed by atoms with Gasteiger partial charge in [0, 0.05) is 13.1 Å². The highest BCUT2D eigenvalue weighted by atomic mass is 19.1. The topological polar surface area (TPSA) is 59.4 Å². The first-order valence-corrected chi connectivity index (χ1v) is 7.42. The molecule has 0 radical (unpaired) electrons. The molecule has 0 fully saturated rings. The van der Waals surface area contributed by atoms with Crippen molar-refractivity contribution in [3.8, 4) is 11.4 Å². The summed E-state index contributed by atoms with van der Waals surface area (Å²) >= 11 is 0. The lowest BCUT2D eigenvalue weighted by Crippen LogP contribution is -2.31. The zero-order chi connectivity index (χ0) is 16.8. The first-order valence-electron chi connectivity index (χ1n) is 7.42. The number of carbonyl (C=O) groups is 1. The summed E-state index contributed by atoms with van der Waals surface area (Å²) in [6, 6.07) is 5.86. The largest absolute Gasteiger partial charge is 0.490 e. The zero-order valence-corrected chi connectivity index (χ0v) is 13.5. The van der Waals surface area contributed by atoms with Crippen molar-refractivity contribution in [2.45, 2.75) is 6.92 Å². The number of hydrogen-bond acceptors (Lipinski definition) is 4. The van der Waals surface area contributed by atoms with E-state index < -0.39 is 0 Å². The Balaban J connectivity index is 2.20. The van der Waals surface area contributed by atoms with Crippen LogP contribution in [-0.4, -0.2) is 54.4 Å². The van der Waals surface area contributed by atoms with Crippen LogP contribution in [0.4, 0.5) is 4.39 Å². The maximum atomic E-state index is 13.0. The molecule has 1 aromatic carbocycles. The Morgan fingerprint density at radius 1 is 1.35 bits per heavy atom. The minimum Gasteiger partial charge on any atom is -0.490 e. The third kappa shape index (κ3) is 4.53. The van der Waals surface area contributed by atoms with Crippen LogP contribution >= 0.6 is 0 Å². The summed E-state index contributed by atoms with van der Waals surface area (Å²) in [5.41, 5.74) is 0.870. The van der Waals surface area contributed by atoms with Crippen LogP contribution in [-0.2, 0) is 0 Å². The Bertz CT molecular complexity index is 653. The maximum Gasteiger partial charge on any atom is 0.275 e. The number of benzene rings is 1. The highest BCUT2D eigenvalue weighted by molar-refractivity contribution is 5.94. The highest BCUT2D eigenvalue weighted by Crippen LogP contribution is 2.20. The molecule has 1 amide bonds. The van der Waals surface area contributed by atoms with Gasteiger partial charge in [-0.25, -0.2) is 9.07 Å².